The molecule has 0 saturated heterocycles. The topological polar surface area (TPSA) is 30.5 Å². The van der Waals surface area contributed by atoms with Gasteiger partial charge in [0.2, 0.25) is 0 Å². The summed E-state index contributed by atoms with van der Waals surface area (Å²) in [5.74, 6) is 1.73. The van der Waals surface area contributed by atoms with Gasteiger partial charge in [0, 0.05) is 38.5 Å². The molecule has 0 atom stereocenters. The summed E-state index contributed by atoms with van der Waals surface area (Å²) in [6.07, 6.45) is 0. The second kappa shape index (κ2) is 15.2. The van der Waals surface area contributed by atoms with Crippen LogP contribution in [-0.2, 0) is 0 Å². The lowest BCUT2D eigenvalue weighted by Crippen LogP contribution is -2.11. The number of anilines is 3. The van der Waals surface area contributed by atoms with Gasteiger partial charge in [-0.15, -0.1) is 0 Å². The van der Waals surface area contributed by atoms with Crippen molar-refractivity contribution >= 4 is 71.6 Å². The molecule has 0 spiro atoms. The Morgan fingerprint density at radius 2 is 0.941 bits per heavy atom. The molecule has 0 aliphatic carbocycles. The second-order valence-electron chi connectivity index (χ2n) is 17.7. The van der Waals surface area contributed by atoms with E-state index in [1.807, 2.05) is 24.3 Å². The van der Waals surface area contributed by atoms with Gasteiger partial charge in [0.1, 0.15) is 11.2 Å². The van der Waals surface area contributed by atoms with Gasteiger partial charge < -0.3 is 18.6 Å². The summed E-state index contributed by atoms with van der Waals surface area (Å²) >= 11 is 0. The molecule has 0 N–H and O–H groups in total. The Labute approximate surface area is 392 Å². The molecule has 14 rings (SSSR count). The summed E-state index contributed by atoms with van der Waals surface area (Å²) < 4.78 is 15.1. The van der Waals surface area contributed by atoms with Gasteiger partial charge in [-0.05, 0) is 141 Å². The lowest BCUT2D eigenvalue weighted by molar-refractivity contribution is 0.476. The molecule has 0 amide bonds. The molecule has 4 heteroatoms. The van der Waals surface area contributed by atoms with Crippen LogP contribution < -0.4 is 9.64 Å². The Bertz CT molecular complexity index is 4120. The maximum atomic E-state index is 6.45. The number of aromatic nitrogens is 1. The first-order chi connectivity index (χ1) is 33.7. The average Bonchev–Trinajstić information content (AvgIpc) is 3.95. The molecule has 3 heterocycles. The zero-order chi connectivity index (χ0) is 44.7. The largest absolute Gasteiger partial charge is 0.456 e. The molecule has 0 radical (unpaired) electrons. The minimum atomic E-state index is 0.861. The molecule has 2 aromatic heterocycles. The van der Waals surface area contributed by atoms with Gasteiger partial charge in [-0.3, -0.25) is 0 Å². The summed E-state index contributed by atoms with van der Waals surface area (Å²) in [5, 5.41) is 7.10. The Hall–Kier alpha value is -9.12. The number of nitrogens with zero attached hydrogens (tertiary/aromatic N) is 2. The van der Waals surface area contributed by atoms with Crippen molar-refractivity contribution in [2.24, 2.45) is 0 Å². The first-order valence-corrected chi connectivity index (χ1v) is 23.1. The van der Waals surface area contributed by atoms with E-state index < -0.39 is 0 Å². The van der Waals surface area contributed by atoms with Crippen molar-refractivity contribution in [2.45, 2.75) is 0 Å². The van der Waals surface area contributed by atoms with Crippen LogP contribution in [0.3, 0.4) is 0 Å². The summed E-state index contributed by atoms with van der Waals surface area (Å²) in [5.41, 5.74) is 17.5. The zero-order valence-corrected chi connectivity index (χ0v) is 36.8. The molecular formula is C64H40N2O2. The number of furan rings is 1. The molecular weight excluding hydrogens is 829 g/mol. The third kappa shape index (κ3) is 6.15. The first kappa shape index (κ1) is 38.2. The highest BCUT2D eigenvalue weighted by Crippen LogP contribution is 2.48. The highest BCUT2D eigenvalue weighted by molar-refractivity contribution is 6.13. The van der Waals surface area contributed by atoms with Crippen LogP contribution in [0.4, 0.5) is 17.1 Å². The quantitative estimate of drug-likeness (QED) is 0.160. The average molecular weight is 869 g/mol. The van der Waals surface area contributed by atoms with Crippen LogP contribution in [0.15, 0.2) is 247 Å². The maximum absolute atomic E-state index is 6.45. The molecule has 318 valence electrons. The number of ether oxygens (including phenoxy) is 1. The van der Waals surface area contributed by atoms with Gasteiger partial charge in [-0.2, -0.15) is 0 Å². The van der Waals surface area contributed by atoms with Gasteiger partial charge in [-0.1, -0.05) is 152 Å². The fraction of sp³-hybridized carbons (Fsp3) is 0. The van der Waals surface area contributed by atoms with E-state index in [-0.39, 0.29) is 0 Å². The van der Waals surface area contributed by atoms with Crippen LogP contribution in [0, 0.1) is 0 Å². The van der Waals surface area contributed by atoms with Crippen molar-refractivity contribution in [3.63, 3.8) is 0 Å². The third-order valence-corrected chi connectivity index (χ3v) is 13.8. The van der Waals surface area contributed by atoms with E-state index in [0.717, 1.165) is 95.0 Å². The van der Waals surface area contributed by atoms with Crippen molar-refractivity contribution in [3.05, 3.63) is 243 Å². The van der Waals surface area contributed by atoms with Crippen molar-refractivity contribution < 1.29 is 9.15 Å². The van der Waals surface area contributed by atoms with E-state index in [9.17, 15) is 0 Å². The Balaban J connectivity index is 0.883. The molecule has 0 saturated carbocycles. The van der Waals surface area contributed by atoms with E-state index >= 15 is 0 Å². The van der Waals surface area contributed by atoms with Crippen LogP contribution in [0.1, 0.15) is 0 Å². The summed E-state index contributed by atoms with van der Waals surface area (Å²) in [6.45, 7) is 0. The Morgan fingerprint density at radius 1 is 0.338 bits per heavy atom. The van der Waals surface area contributed by atoms with E-state index in [0.29, 0.717) is 0 Å². The van der Waals surface area contributed by atoms with E-state index in [4.69, 9.17) is 9.15 Å². The van der Waals surface area contributed by atoms with Gasteiger partial charge in [0.25, 0.3) is 0 Å². The minimum absolute atomic E-state index is 0.861. The predicted molar refractivity (Wildman–Crippen MR) is 282 cm³/mol. The lowest BCUT2D eigenvalue weighted by Gasteiger charge is -2.28. The number of rotatable bonds is 7. The van der Waals surface area contributed by atoms with Crippen LogP contribution in [-0.4, -0.2) is 4.57 Å². The van der Waals surface area contributed by atoms with Gasteiger partial charge in [-0.25, -0.2) is 0 Å². The summed E-state index contributed by atoms with van der Waals surface area (Å²) in [6, 6.07) is 87.2. The normalized spacial score (nSPS) is 11.9. The number of para-hydroxylation sites is 5. The van der Waals surface area contributed by atoms with Crippen LogP contribution in [0.25, 0.3) is 105 Å². The highest BCUT2D eigenvalue weighted by Gasteiger charge is 2.25. The smallest absolute Gasteiger partial charge is 0.152 e. The van der Waals surface area contributed by atoms with Crippen LogP contribution in [0.5, 0.6) is 11.5 Å². The van der Waals surface area contributed by atoms with Gasteiger partial charge in [0.15, 0.2) is 11.5 Å². The minimum Gasteiger partial charge on any atom is -0.456 e. The van der Waals surface area contributed by atoms with Crippen molar-refractivity contribution in [1.29, 1.82) is 0 Å². The molecule has 13 aromatic rings. The molecule has 0 fully saturated rings. The maximum Gasteiger partial charge on any atom is 0.152 e. The number of benzene rings is 11. The van der Waals surface area contributed by atoms with E-state index in [1.54, 1.807) is 0 Å². The predicted octanol–water partition coefficient (Wildman–Crippen LogP) is 18.1. The standard InChI is InChI=1S/C64H40N2O2/c1-2-12-44-38-47(24-23-41(44)11-1)46-14-9-13-45(37-46)42-25-31-50(32-26-42)65(51-33-27-43(28-34-51)48-29-35-54-53-16-4-7-20-60(53)67-63(54)40-48)57-18-5-3-15-52(57)49-30-36-58-56(39-49)55-17-10-22-62-64(55)66(58)59-19-6-8-21-61(59)68-62/h1-40H. The molecule has 0 bridgehead atoms. The SMILES string of the molecule is c1cc(-c2ccc(N(c3ccc(-c4ccc5c(c4)oc4ccccc45)cc3)c3ccccc3-c3ccc4c(c3)c3cccc5c3n4-c3ccccc3O5)cc2)cc(-c2ccc3ccccc3c2)c1. The number of hydrogen-bond donors (Lipinski definition) is 0. The van der Waals surface area contributed by atoms with Crippen LogP contribution >= 0.6 is 0 Å². The van der Waals surface area contributed by atoms with E-state index in [1.165, 1.54) is 38.2 Å². The highest BCUT2D eigenvalue weighted by atomic mass is 16.5. The first-order valence-electron chi connectivity index (χ1n) is 23.1. The molecule has 1 aliphatic heterocycles. The molecule has 1 aliphatic rings. The van der Waals surface area contributed by atoms with E-state index in [2.05, 4.69) is 228 Å². The second-order valence-corrected chi connectivity index (χ2v) is 17.7. The van der Waals surface area contributed by atoms with Crippen LogP contribution in [0.2, 0.25) is 0 Å². The van der Waals surface area contributed by atoms with Crippen molar-refractivity contribution in [3.8, 4) is 61.7 Å². The van der Waals surface area contributed by atoms with Crippen molar-refractivity contribution in [2.75, 3.05) is 4.90 Å². The fourth-order valence-electron chi connectivity index (χ4n) is 10.5. The van der Waals surface area contributed by atoms with Gasteiger partial charge >= 0.3 is 0 Å². The molecule has 4 nitrogen and oxygen atoms in total. The zero-order valence-electron chi connectivity index (χ0n) is 36.8. The molecule has 68 heavy (non-hydrogen) atoms. The Morgan fingerprint density at radius 3 is 1.79 bits per heavy atom. The Kier molecular flexibility index (Phi) is 8.55. The molecule has 11 aromatic carbocycles. The fourth-order valence-corrected chi connectivity index (χ4v) is 10.5. The summed E-state index contributed by atoms with van der Waals surface area (Å²) in [4.78, 5) is 2.39. The molecule has 0 unspecified atom stereocenters. The van der Waals surface area contributed by atoms with Gasteiger partial charge in [0.05, 0.1) is 22.4 Å². The number of fused-ring (bicyclic) bond motifs is 9. The monoisotopic (exact) mass is 868 g/mol. The number of hydrogen-bond acceptors (Lipinski definition) is 3. The van der Waals surface area contributed by atoms with Crippen molar-refractivity contribution in [1.82, 2.24) is 4.57 Å². The third-order valence-electron chi connectivity index (χ3n) is 13.8. The summed E-state index contributed by atoms with van der Waals surface area (Å²) in [7, 11) is 0. The lowest BCUT2D eigenvalue weighted by atomic mass is 9.97.